The van der Waals surface area contributed by atoms with Crippen LogP contribution in [0.5, 0.6) is 0 Å². The Hall–Kier alpha value is -2.51. The lowest BCUT2D eigenvalue weighted by molar-refractivity contribution is -0.120. The SMILES string of the molecule is CCS(=O)c1ccccc1C(=O)N1CCN(CC(=O)N2CCc3ccccc32)CC1. The van der Waals surface area contributed by atoms with E-state index < -0.39 is 10.8 Å². The van der Waals surface area contributed by atoms with Gasteiger partial charge in [-0.15, -0.1) is 0 Å². The van der Waals surface area contributed by atoms with Gasteiger partial charge in [0.1, 0.15) is 0 Å². The first kappa shape index (κ1) is 20.8. The number of anilines is 1. The van der Waals surface area contributed by atoms with Crippen molar-refractivity contribution in [3.63, 3.8) is 0 Å². The molecule has 0 radical (unpaired) electrons. The molecule has 2 aliphatic rings. The zero-order valence-corrected chi connectivity index (χ0v) is 18.1. The molecule has 30 heavy (non-hydrogen) atoms. The maximum atomic E-state index is 13.0. The van der Waals surface area contributed by atoms with Crippen LogP contribution < -0.4 is 4.90 Å². The highest BCUT2D eigenvalue weighted by atomic mass is 32.2. The van der Waals surface area contributed by atoms with E-state index in [0.717, 1.165) is 18.7 Å². The van der Waals surface area contributed by atoms with Crippen molar-refractivity contribution < 1.29 is 13.8 Å². The normalized spacial score (nSPS) is 17.6. The fraction of sp³-hybridized carbons (Fsp3) is 0.391. The molecule has 0 N–H and O–H groups in total. The molecule has 0 saturated carbocycles. The Morgan fingerprint density at radius 2 is 1.63 bits per heavy atom. The third-order valence-corrected chi connectivity index (χ3v) is 7.20. The molecule has 1 atom stereocenters. The van der Waals surface area contributed by atoms with E-state index in [-0.39, 0.29) is 11.8 Å². The van der Waals surface area contributed by atoms with Gasteiger partial charge in [0.25, 0.3) is 5.91 Å². The second-order valence-electron chi connectivity index (χ2n) is 7.62. The van der Waals surface area contributed by atoms with E-state index in [4.69, 9.17) is 0 Å². The van der Waals surface area contributed by atoms with Gasteiger partial charge in [-0.25, -0.2) is 0 Å². The maximum Gasteiger partial charge on any atom is 0.255 e. The first-order chi connectivity index (χ1) is 14.6. The minimum absolute atomic E-state index is 0.0770. The first-order valence-electron chi connectivity index (χ1n) is 10.5. The summed E-state index contributed by atoms with van der Waals surface area (Å²) in [7, 11) is -1.17. The van der Waals surface area contributed by atoms with E-state index >= 15 is 0 Å². The number of fused-ring (bicyclic) bond motifs is 1. The first-order valence-corrected chi connectivity index (χ1v) is 11.8. The minimum Gasteiger partial charge on any atom is -0.336 e. The Morgan fingerprint density at radius 1 is 0.933 bits per heavy atom. The van der Waals surface area contributed by atoms with Crippen LogP contribution in [0.15, 0.2) is 53.4 Å². The summed E-state index contributed by atoms with van der Waals surface area (Å²) in [6.07, 6.45) is 0.905. The summed E-state index contributed by atoms with van der Waals surface area (Å²) in [6.45, 7) is 5.41. The molecule has 2 aromatic carbocycles. The number of amides is 2. The molecule has 2 heterocycles. The molecule has 2 aliphatic heterocycles. The molecular weight excluding hydrogens is 398 g/mol. The van der Waals surface area contributed by atoms with Crippen LogP contribution in [0.2, 0.25) is 0 Å². The second-order valence-corrected chi connectivity index (χ2v) is 9.33. The highest BCUT2D eigenvalue weighted by molar-refractivity contribution is 7.85. The van der Waals surface area contributed by atoms with E-state index in [1.807, 2.05) is 42.2 Å². The van der Waals surface area contributed by atoms with Gasteiger partial charge in [0.2, 0.25) is 5.91 Å². The smallest absolute Gasteiger partial charge is 0.255 e. The van der Waals surface area contributed by atoms with E-state index in [1.165, 1.54) is 5.56 Å². The number of rotatable bonds is 5. The molecule has 2 amide bonds. The zero-order chi connectivity index (χ0) is 21.1. The summed E-state index contributed by atoms with van der Waals surface area (Å²) in [5, 5.41) is 0. The third kappa shape index (κ3) is 4.18. The number of piperazine rings is 1. The fourth-order valence-corrected chi connectivity index (χ4v) is 5.09. The number of para-hydroxylation sites is 1. The Balaban J connectivity index is 1.35. The van der Waals surface area contributed by atoms with Gasteiger partial charge in [-0.05, 0) is 30.2 Å². The number of carbonyl (C=O) groups excluding carboxylic acids is 2. The Labute approximate surface area is 179 Å². The number of nitrogens with zero attached hydrogens (tertiary/aromatic N) is 3. The van der Waals surface area contributed by atoms with Crippen LogP contribution in [0, 0.1) is 0 Å². The van der Waals surface area contributed by atoms with Gasteiger partial charge in [0.05, 0.1) is 27.8 Å². The van der Waals surface area contributed by atoms with E-state index in [1.54, 1.807) is 17.0 Å². The van der Waals surface area contributed by atoms with Crippen molar-refractivity contribution in [2.75, 3.05) is 49.9 Å². The van der Waals surface area contributed by atoms with Crippen LogP contribution in [0.3, 0.4) is 0 Å². The molecule has 158 valence electrons. The molecule has 7 heteroatoms. The summed E-state index contributed by atoms with van der Waals surface area (Å²) < 4.78 is 12.3. The third-order valence-electron chi connectivity index (χ3n) is 5.83. The monoisotopic (exact) mass is 425 g/mol. The molecule has 0 aliphatic carbocycles. The quantitative estimate of drug-likeness (QED) is 0.737. The largest absolute Gasteiger partial charge is 0.336 e. The molecular formula is C23H27N3O3S. The lowest BCUT2D eigenvalue weighted by Gasteiger charge is -2.35. The van der Waals surface area contributed by atoms with Gasteiger partial charge < -0.3 is 9.80 Å². The van der Waals surface area contributed by atoms with Crippen LogP contribution in [-0.4, -0.2) is 70.8 Å². The highest BCUT2D eigenvalue weighted by Crippen LogP contribution is 2.27. The lowest BCUT2D eigenvalue weighted by Crippen LogP contribution is -2.51. The van der Waals surface area contributed by atoms with Crippen molar-refractivity contribution in [3.05, 3.63) is 59.7 Å². The van der Waals surface area contributed by atoms with E-state index in [2.05, 4.69) is 11.0 Å². The minimum atomic E-state index is -1.17. The summed E-state index contributed by atoms with van der Waals surface area (Å²) in [5.74, 6) is 0.523. The van der Waals surface area contributed by atoms with Gasteiger partial charge in [-0.3, -0.25) is 18.7 Å². The molecule has 1 unspecified atom stereocenters. The zero-order valence-electron chi connectivity index (χ0n) is 17.3. The number of hydrogen-bond acceptors (Lipinski definition) is 4. The molecule has 0 aromatic heterocycles. The predicted octanol–water partition coefficient (Wildman–Crippen LogP) is 2.16. The summed E-state index contributed by atoms with van der Waals surface area (Å²) in [5.41, 5.74) is 2.78. The molecule has 1 saturated heterocycles. The average molecular weight is 426 g/mol. The Bertz CT molecular complexity index is 970. The van der Waals surface area contributed by atoms with Crippen molar-refractivity contribution in [1.82, 2.24) is 9.80 Å². The van der Waals surface area contributed by atoms with Crippen molar-refractivity contribution in [2.45, 2.75) is 18.2 Å². The molecule has 1 fully saturated rings. The van der Waals surface area contributed by atoms with E-state index in [9.17, 15) is 13.8 Å². The highest BCUT2D eigenvalue weighted by Gasteiger charge is 2.29. The predicted molar refractivity (Wildman–Crippen MR) is 118 cm³/mol. The van der Waals surface area contributed by atoms with Crippen molar-refractivity contribution >= 4 is 28.3 Å². The number of hydrogen-bond donors (Lipinski definition) is 0. The number of carbonyl (C=O) groups is 2. The summed E-state index contributed by atoms with van der Waals surface area (Å²) in [6, 6.07) is 15.2. The Kier molecular flexibility index (Phi) is 6.29. The van der Waals surface area contributed by atoms with Crippen LogP contribution in [0.25, 0.3) is 0 Å². The van der Waals surface area contributed by atoms with Crippen molar-refractivity contribution in [1.29, 1.82) is 0 Å². The van der Waals surface area contributed by atoms with Gasteiger partial charge in [-0.1, -0.05) is 37.3 Å². The molecule has 4 rings (SSSR count). The lowest BCUT2D eigenvalue weighted by atomic mass is 10.1. The van der Waals surface area contributed by atoms with Crippen LogP contribution in [0.4, 0.5) is 5.69 Å². The average Bonchev–Trinajstić information content (AvgIpc) is 3.23. The van der Waals surface area contributed by atoms with Crippen LogP contribution in [0.1, 0.15) is 22.8 Å². The Morgan fingerprint density at radius 3 is 2.40 bits per heavy atom. The van der Waals surface area contributed by atoms with Crippen molar-refractivity contribution in [2.24, 2.45) is 0 Å². The fourth-order valence-electron chi connectivity index (χ4n) is 4.15. The van der Waals surface area contributed by atoms with Gasteiger partial charge in [0.15, 0.2) is 0 Å². The molecule has 6 nitrogen and oxygen atoms in total. The van der Waals surface area contributed by atoms with E-state index in [0.29, 0.717) is 48.9 Å². The van der Waals surface area contributed by atoms with Gasteiger partial charge >= 0.3 is 0 Å². The van der Waals surface area contributed by atoms with Gasteiger partial charge in [-0.2, -0.15) is 0 Å². The summed E-state index contributed by atoms with van der Waals surface area (Å²) in [4.78, 5) is 32.3. The summed E-state index contributed by atoms with van der Waals surface area (Å²) >= 11 is 0. The van der Waals surface area contributed by atoms with Crippen LogP contribution >= 0.6 is 0 Å². The number of benzene rings is 2. The topological polar surface area (TPSA) is 60.9 Å². The molecule has 2 aromatic rings. The maximum absolute atomic E-state index is 13.0. The van der Waals surface area contributed by atoms with Crippen LogP contribution in [-0.2, 0) is 22.0 Å². The van der Waals surface area contributed by atoms with Gasteiger partial charge in [0, 0.05) is 44.2 Å². The standard InChI is InChI=1S/C23H27N3O3S/c1-2-30(29)21-10-6-4-8-19(21)23(28)25-15-13-24(14-16-25)17-22(27)26-12-11-18-7-3-5-9-20(18)26/h3-10H,2,11-17H2,1H3. The van der Waals surface area contributed by atoms with Crippen molar-refractivity contribution in [3.8, 4) is 0 Å². The molecule has 0 spiro atoms. The molecule has 0 bridgehead atoms. The second kappa shape index (κ2) is 9.10.